The summed E-state index contributed by atoms with van der Waals surface area (Å²) >= 11 is 5.83. The zero-order valence-corrected chi connectivity index (χ0v) is 12.8. The minimum absolute atomic E-state index is 0.131. The van der Waals surface area contributed by atoms with Crippen molar-refractivity contribution < 1.29 is 4.79 Å². The monoisotopic (exact) mass is 299 g/mol. The minimum Gasteiger partial charge on any atom is -0.324 e. The van der Waals surface area contributed by atoms with Crippen molar-refractivity contribution in [1.82, 2.24) is 15.8 Å². The highest BCUT2D eigenvalue weighted by atomic mass is 35.5. The maximum atomic E-state index is 11.9. The number of halogens is 1. The number of carbonyl (C=O) groups is 1. The molecule has 6 nitrogen and oxygen atoms in total. The quantitative estimate of drug-likeness (QED) is 0.603. The number of hydrogen-bond acceptors (Lipinski definition) is 4. The van der Waals surface area contributed by atoms with Gasteiger partial charge in [0, 0.05) is 25.5 Å². The highest BCUT2D eigenvalue weighted by Crippen LogP contribution is 2.29. The van der Waals surface area contributed by atoms with Crippen LogP contribution in [0.4, 0.5) is 4.79 Å². The molecule has 1 heterocycles. The van der Waals surface area contributed by atoms with E-state index in [0.717, 1.165) is 25.9 Å². The van der Waals surface area contributed by atoms with Crippen LogP contribution in [0.25, 0.3) is 0 Å². The third kappa shape index (κ3) is 6.16. The molecule has 0 unspecified atom stereocenters. The van der Waals surface area contributed by atoms with Crippen molar-refractivity contribution in [3.63, 3.8) is 0 Å². The number of aliphatic imine (C=N–C) groups is 2. The molecule has 1 aliphatic rings. The fraction of sp³-hybridized carbons (Fsp3) is 0.615. The summed E-state index contributed by atoms with van der Waals surface area (Å²) in [6.45, 7) is 9.53. The van der Waals surface area contributed by atoms with Crippen molar-refractivity contribution in [2.75, 3.05) is 19.6 Å². The molecule has 0 aromatic heterocycles. The first-order valence-electron chi connectivity index (χ1n) is 6.55. The highest BCUT2D eigenvalue weighted by Gasteiger charge is 2.27. The number of piperidine rings is 1. The molecule has 0 aromatic carbocycles. The molecule has 0 bridgehead atoms. The fourth-order valence-electron chi connectivity index (χ4n) is 1.79. The SMILES string of the molecule is C=N/C=C\N=C(\Cl)CNNC(=O)N1CCC(C)(C)CC1. The Morgan fingerprint density at radius 3 is 2.65 bits per heavy atom. The van der Waals surface area contributed by atoms with Crippen LogP contribution in [0.5, 0.6) is 0 Å². The number of nitrogens with one attached hydrogen (secondary N) is 2. The molecule has 1 fully saturated rings. The van der Waals surface area contributed by atoms with Gasteiger partial charge < -0.3 is 4.90 Å². The average Bonchev–Trinajstić information content (AvgIpc) is 2.38. The summed E-state index contributed by atoms with van der Waals surface area (Å²) in [7, 11) is 0. The van der Waals surface area contributed by atoms with Crippen molar-refractivity contribution in [2.24, 2.45) is 15.4 Å². The van der Waals surface area contributed by atoms with Gasteiger partial charge in [-0.1, -0.05) is 25.4 Å². The maximum absolute atomic E-state index is 11.9. The molecule has 112 valence electrons. The van der Waals surface area contributed by atoms with E-state index in [9.17, 15) is 4.79 Å². The molecule has 0 saturated carbocycles. The zero-order valence-electron chi connectivity index (χ0n) is 12.0. The summed E-state index contributed by atoms with van der Waals surface area (Å²) in [5.74, 6) is 0. The second-order valence-electron chi connectivity index (χ2n) is 5.42. The number of amides is 2. The van der Waals surface area contributed by atoms with Gasteiger partial charge in [-0.2, -0.15) is 0 Å². The Morgan fingerprint density at radius 1 is 1.40 bits per heavy atom. The smallest absolute Gasteiger partial charge is 0.324 e. The van der Waals surface area contributed by atoms with Gasteiger partial charge in [-0.25, -0.2) is 15.2 Å². The molecule has 1 saturated heterocycles. The van der Waals surface area contributed by atoms with E-state index < -0.39 is 0 Å². The van der Waals surface area contributed by atoms with Gasteiger partial charge >= 0.3 is 6.03 Å². The lowest BCUT2D eigenvalue weighted by Gasteiger charge is -2.36. The summed E-state index contributed by atoms with van der Waals surface area (Å²) in [6.07, 6.45) is 4.89. The Bertz CT molecular complexity index is 396. The van der Waals surface area contributed by atoms with Crippen LogP contribution in [-0.2, 0) is 0 Å². The average molecular weight is 300 g/mol. The van der Waals surface area contributed by atoms with Gasteiger partial charge in [0.25, 0.3) is 0 Å². The van der Waals surface area contributed by atoms with Gasteiger partial charge in [-0.05, 0) is 25.0 Å². The summed E-state index contributed by atoms with van der Waals surface area (Å²) in [6, 6.07) is -0.131. The molecule has 20 heavy (non-hydrogen) atoms. The van der Waals surface area contributed by atoms with Gasteiger partial charge in [0.05, 0.1) is 6.54 Å². The lowest BCUT2D eigenvalue weighted by atomic mass is 9.83. The van der Waals surface area contributed by atoms with Crippen LogP contribution in [0.3, 0.4) is 0 Å². The van der Waals surface area contributed by atoms with Gasteiger partial charge in [0.15, 0.2) is 0 Å². The second-order valence-corrected chi connectivity index (χ2v) is 5.86. The lowest BCUT2D eigenvalue weighted by molar-refractivity contribution is 0.138. The number of carbonyl (C=O) groups excluding carboxylic acids is 1. The zero-order chi connectivity index (χ0) is 15.0. The number of rotatable bonds is 5. The van der Waals surface area contributed by atoms with E-state index in [1.165, 1.54) is 12.4 Å². The molecule has 7 heteroatoms. The van der Waals surface area contributed by atoms with Gasteiger partial charge in [0.2, 0.25) is 0 Å². The van der Waals surface area contributed by atoms with Crippen molar-refractivity contribution in [2.45, 2.75) is 26.7 Å². The Balaban J connectivity index is 2.25. The number of urea groups is 1. The Morgan fingerprint density at radius 2 is 2.05 bits per heavy atom. The molecule has 2 N–H and O–H groups in total. The standard InChI is InChI=1S/C13H22ClN5O/c1-13(2)4-8-19(9-5-13)12(20)18-17-10-11(14)16-7-6-15-3/h6-7,17H,3-5,8-10H2,1-2H3,(H,18,20)/b7-6-,16-11+. The highest BCUT2D eigenvalue weighted by molar-refractivity contribution is 6.66. The van der Waals surface area contributed by atoms with Crippen LogP contribution < -0.4 is 10.9 Å². The van der Waals surface area contributed by atoms with E-state index in [-0.39, 0.29) is 12.6 Å². The molecule has 0 atom stereocenters. The fourth-order valence-corrected chi connectivity index (χ4v) is 1.92. The van der Waals surface area contributed by atoms with Crippen molar-refractivity contribution in [3.8, 4) is 0 Å². The molecule has 2 amide bonds. The van der Waals surface area contributed by atoms with Crippen molar-refractivity contribution in [3.05, 3.63) is 12.4 Å². The molecular weight excluding hydrogens is 278 g/mol. The van der Waals surface area contributed by atoms with E-state index in [1.54, 1.807) is 4.90 Å². The lowest BCUT2D eigenvalue weighted by Crippen LogP contribution is -2.51. The number of likely N-dealkylation sites (tertiary alicyclic amines) is 1. The molecule has 0 aromatic rings. The predicted molar refractivity (Wildman–Crippen MR) is 83.1 cm³/mol. The Hall–Kier alpha value is -1.40. The summed E-state index contributed by atoms with van der Waals surface area (Å²) in [5.41, 5.74) is 5.68. The van der Waals surface area contributed by atoms with E-state index in [2.05, 4.69) is 41.4 Å². The molecule has 1 rings (SSSR count). The topological polar surface area (TPSA) is 69.1 Å². The van der Waals surface area contributed by atoms with Crippen LogP contribution in [0.2, 0.25) is 0 Å². The van der Waals surface area contributed by atoms with Crippen LogP contribution in [-0.4, -0.2) is 42.5 Å². The maximum Gasteiger partial charge on any atom is 0.331 e. The Labute approximate surface area is 125 Å². The third-order valence-corrected chi connectivity index (χ3v) is 3.45. The summed E-state index contributed by atoms with van der Waals surface area (Å²) in [5, 5.41) is 0.324. The van der Waals surface area contributed by atoms with E-state index in [1.807, 2.05) is 0 Å². The van der Waals surface area contributed by atoms with Crippen LogP contribution >= 0.6 is 11.6 Å². The first-order chi connectivity index (χ1) is 9.44. The summed E-state index contributed by atoms with van der Waals surface area (Å²) in [4.78, 5) is 21.1. The second kappa shape index (κ2) is 8.01. The minimum atomic E-state index is -0.131. The largest absolute Gasteiger partial charge is 0.331 e. The summed E-state index contributed by atoms with van der Waals surface area (Å²) < 4.78 is 0. The third-order valence-electron chi connectivity index (χ3n) is 3.22. The number of nitrogens with zero attached hydrogens (tertiary/aromatic N) is 3. The predicted octanol–water partition coefficient (Wildman–Crippen LogP) is 2.13. The van der Waals surface area contributed by atoms with Gasteiger partial charge in [-0.15, -0.1) is 0 Å². The van der Waals surface area contributed by atoms with Crippen LogP contribution in [0, 0.1) is 5.41 Å². The van der Waals surface area contributed by atoms with Gasteiger partial charge in [0.1, 0.15) is 5.17 Å². The van der Waals surface area contributed by atoms with Crippen molar-refractivity contribution in [1.29, 1.82) is 0 Å². The van der Waals surface area contributed by atoms with E-state index in [4.69, 9.17) is 11.6 Å². The van der Waals surface area contributed by atoms with E-state index in [0.29, 0.717) is 10.6 Å². The molecule has 0 spiro atoms. The first kappa shape index (κ1) is 16.7. The number of hydrazine groups is 1. The molecule has 0 radical (unpaired) electrons. The van der Waals surface area contributed by atoms with Crippen LogP contribution in [0.15, 0.2) is 22.4 Å². The molecule has 1 aliphatic heterocycles. The van der Waals surface area contributed by atoms with E-state index >= 15 is 0 Å². The normalized spacial score (nSPS) is 19.1. The van der Waals surface area contributed by atoms with Crippen LogP contribution in [0.1, 0.15) is 26.7 Å². The first-order valence-corrected chi connectivity index (χ1v) is 6.93. The number of hydrogen-bond donors (Lipinski definition) is 2. The van der Waals surface area contributed by atoms with Gasteiger partial charge in [-0.3, -0.25) is 10.4 Å². The molecule has 0 aliphatic carbocycles. The molecular formula is C13H22ClN5O. The van der Waals surface area contributed by atoms with Crippen molar-refractivity contribution >= 4 is 29.5 Å². The Kier molecular flexibility index (Phi) is 6.67.